The molecule has 0 unspecified atom stereocenters. The number of rotatable bonds is 1. The summed E-state index contributed by atoms with van der Waals surface area (Å²) in [6.45, 7) is 10.8. The van der Waals surface area contributed by atoms with E-state index in [1.54, 1.807) is 6.26 Å². The van der Waals surface area contributed by atoms with E-state index in [4.69, 9.17) is 9.15 Å². The van der Waals surface area contributed by atoms with Crippen molar-refractivity contribution >= 4 is 16.9 Å². The van der Waals surface area contributed by atoms with E-state index in [9.17, 15) is 4.79 Å². The summed E-state index contributed by atoms with van der Waals surface area (Å²) < 4.78 is 11.7. The van der Waals surface area contributed by atoms with Crippen molar-refractivity contribution in [3.63, 3.8) is 0 Å². The predicted molar refractivity (Wildman–Crippen MR) is 98.7 cm³/mol. The maximum Gasteiger partial charge on any atom is 0.302 e. The maximum absolute atomic E-state index is 11.8. The number of aryl methyl sites for hydroxylation is 1. The number of ether oxygens (including phenoxy) is 1. The Morgan fingerprint density at radius 3 is 2.76 bits per heavy atom. The third-order valence-electron chi connectivity index (χ3n) is 6.91. The smallest absolute Gasteiger partial charge is 0.302 e. The molecule has 1 aromatic heterocycles. The number of fused-ring (bicyclic) bond motifs is 4. The molecule has 4 rings (SSSR count). The Morgan fingerprint density at radius 2 is 2.04 bits per heavy atom. The van der Waals surface area contributed by atoms with Crippen molar-refractivity contribution < 1.29 is 13.9 Å². The van der Waals surface area contributed by atoms with Crippen molar-refractivity contribution in [3.8, 4) is 0 Å². The maximum atomic E-state index is 11.8. The topological polar surface area (TPSA) is 39.4 Å². The van der Waals surface area contributed by atoms with Gasteiger partial charge in [-0.1, -0.05) is 27.2 Å². The zero-order valence-electron chi connectivity index (χ0n) is 15.9. The highest BCUT2D eigenvalue weighted by atomic mass is 16.5. The molecule has 2 aliphatic carbocycles. The molecule has 1 fully saturated rings. The minimum atomic E-state index is -0.167. The zero-order valence-corrected chi connectivity index (χ0v) is 15.9. The summed E-state index contributed by atoms with van der Waals surface area (Å²) >= 11 is 0. The average molecular weight is 340 g/mol. The second-order valence-corrected chi connectivity index (χ2v) is 8.95. The highest BCUT2D eigenvalue weighted by molar-refractivity contribution is 5.84. The van der Waals surface area contributed by atoms with Gasteiger partial charge in [0, 0.05) is 24.6 Å². The Balaban J connectivity index is 1.96. The summed E-state index contributed by atoms with van der Waals surface area (Å²) in [4.78, 5) is 11.8. The van der Waals surface area contributed by atoms with Crippen LogP contribution >= 0.6 is 0 Å². The number of esters is 1. The number of hydrogen-bond donors (Lipinski definition) is 0. The van der Waals surface area contributed by atoms with E-state index in [-0.39, 0.29) is 22.9 Å². The van der Waals surface area contributed by atoms with Crippen LogP contribution in [-0.4, -0.2) is 12.1 Å². The molecular weight excluding hydrogens is 312 g/mol. The Morgan fingerprint density at radius 1 is 1.28 bits per heavy atom. The average Bonchev–Trinajstić information content (AvgIpc) is 2.96. The van der Waals surface area contributed by atoms with E-state index < -0.39 is 0 Å². The summed E-state index contributed by atoms with van der Waals surface area (Å²) in [5.41, 5.74) is 5.19. The van der Waals surface area contributed by atoms with Crippen molar-refractivity contribution in [3.05, 3.63) is 35.1 Å². The molecule has 0 aliphatic heterocycles. The molecule has 0 radical (unpaired) electrons. The first kappa shape index (κ1) is 16.7. The molecule has 1 aromatic carbocycles. The Kier molecular flexibility index (Phi) is 3.58. The van der Waals surface area contributed by atoms with Crippen molar-refractivity contribution in [1.29, 1.82) is 0 Å². The zero-order chi connectivity index (χ0) is 18.0. The monoisotopic (exact) mass is 340 g/mol. The van der Waals surface area contributed by atoms with Gasteiger partial charge in [-0.2, -0.15) is 0 Å². The fourth-order valence-electron chi connectivity index (χ4n) is 6.04. The summed E-state index contributed by atoms with van der Waals surface area (Å²) in [7, 11) is 0. The number of furan rings is 1. The van der Waals surface area contributed by atoms with Gasteiger partial charge in [-0.25, -0.2) is 0 Å². The number of benzene rings is 1. The van der Waals surface area contributed by atoms with E-state index in [0.29, 0.717) is 5.92 Å². The van der Waals surface area contributed by atoms with E-state index in [1.165, 1.54) is 41.8 Å². The van der Waals surface area contributed by atoms with Crippen LogP contribution in [0.15, 0.2) is 22.8 Å². The van der Waals surface area contributed by atoms with E-state index in [2.05, 4.69) is 33.8 Å². The van der Waals surface area contributed by atoms with Gasteiger partial charge < -0.3 is 9.15 Å². The lowest BCUT2D eigenvalue weighted by atomic mass is 9.49. The van der Waals surface area contributed by atoms with E-state index >= 15 is 0 Å². The molecule has 0 amide bonds. The van der Waals surface area contributed by atoms with Crippen LogP contribution in [0.1, 0.15) is 63.6 Å². The van der Waals surface area contributed by atoms with E-state index in [0.717, 1.165) is 18.4 Å². The van der Waals surface area contributed by atoms with Crippen LogP contribution in [-0.2, 0) is 21.4 Å². The standard InChI is InChI=1S/C22H28O3/c1-13-15-7-10-24-18(15)12-17-16(13)11-19(25-14(2)23)20-21(3,4)8-6-9-22(17,20)5/h7,10,12,19-20H,6,8-9,11H2,1-5H3/t19-,20+,22-/m1/s1. The van der Waals surface area contributed by atoms with Crippen molar-refractivity contribution in [1.82, 2.24) is 0 Å². The molecule has 0 spiro atoms. The molecule has 3 nitrogen and oxygen atoms in total. The van der Waals surface area contributed by atoms with Gasteiger partial charge in [-0.3, -0.25) is 4.79 Å². The molecule has 3 heteroatoms. The van der Waals surface area contributed by atoms with E-state index in [1.807, 2.05) is 6.07 Å². The Hall–Kier alpha value is -1.77. The highest BCUT2D eigenvalue weighted by Gasteiger charge is 2.55. The fraction of sp³-hybridized carbons (Fsp3) is 0.591. The summed E-state index contributed by atoms with van der Waals surface area (Å²) in [5.74, 6) is 0.163. The van der Waals surface area contributed by atoms with Gasteiger partial charge in [0.1, 0.15) is 11.7 Å². The van der Waals surface area contributed by atoms with Crippen molar-refractivity contribution in [2.45, 2.75) is 71.8 Å². The van der Waals surface area contributed by atoms with Gasteiger partial charge in [0.2, 0.25) is 0 Å². The van der Waals surface area contributed by atoms with Gasteiger partial charge in [-0.05, 0) is 59.4 Å². The van der Waals surface area contributed by atoms with Gasteiger partial charge in [0.15, 0.2) is 0 Å². The normalized spacial score (nSPS) is 30.6. The van der Waals surface area contributed by atoms with Crippen LogP contribution in [0.5, 0.6) is 0 Å². The lowest BCUT2D eigenvalue weighted by Crippen LogP contribution is -2.55. The Labute approximate surface area is 149 Å². The summed E-state index contributed by atoms with van der Waals surface area (Å²) in [5, 5.41) is 1.18. The molecule has 2 aliphatic rings. The fourth-order valence-corrected chi connectivity index (χ4v) is 6.04. The molecule has 25 heavy (non-hydrogen) atoms. The molecular formula is C22H28O3. The molecule has 0 N–H and O–H groups in total. The molecule has 0 saturated heterocycles. The van der Waals surface area contributed by atoms with Gasteiger partial charge in [-0.15, -0.1) is 0 Å². The van der Waals surface area contributed by atoms with Crippen LogP contribution in [0.25, 0.3) is 11.0 Å². The molecule has 2 aromatic rings. The first-order valence-corrected chi connectivity index (χ1v) is 9.41. The van der Waals surface area contributed by atoms with Crippen LogP contribution in [0, 0.1) is 18.3 Å². The first-order chi connectivity index (χ1) is 11.7. The molecule has 3 atom stereocenters. The molecule has 1 heterocycles. The second kappa shape index (κ2) is 5.36. The summed E-state index contributed by atoms with van der Waals surface area (Å²) in [6, 6.07) is 4.31. The molecule has 0 bridgehead atoms. The van der Waals surface area contributed by atoms with Gasteiger partial charge in [0.25, 0.3) is 0 Å². The lowest BCUT2D eigenvalue weighted by molar-refractivity contribution is -0.158. The lowest BCUT2D eigenvalue weighted by Gasteiger charge is -2.56. The second-order valence-electron chi connectivity index (χ2n) is 8.95. The van der Waals surface area contributed by atoms with Crippen LogP contribution in [0.2, 0.25) is 0 Å². The van der Waals surface area contributed by atoms with Crippen LogP contribution in [0.3, 0.4) is 0 Å². The van der Waals surface area contributed by atoms with Crippen LogP contribution in [0.4, 0.5) is 0 Å². The number of hydrogen-bond acceptors (Lipinski definition) is 3. The van der Waals surface area contributed by atoms with Gasteiger partial charge in [0.05, 0.1) is 6.26 Å². The van der Waals surface area contributed by atoms with Crippen molar-refractivity contribution in [2.75, 3.05) is 0 Å². The van der Waals surface area contributed by atoms with Crippen LogP contribution < -0.4 is 0 Å². The number of carbonyl (C=O) groups excluding carboxylic acids is 1. The summed E-state index contributed by atoms with van der Waals surface area (Å²) in [6.07, 6.45) is 6.07. The minimum absolute atomic E-state index is 0.0151. The third-order valence-corrected chi connectivity index (χ3v) is 6.91. The number of carbonyl (C=O) groups is 1. The third kappa shape index (κ3) is 2.35. The Bertz CT molecular complexity index is 844. The molecule has 1 saturated carbocycles. The minimum Gasteiger partial charge on any atom is -0.464 e. The predicted octanol–water partition coefficient (Wildman–Crippen LogP) is 5.31. The SMILES string of the molecule is CC(=O)O[C@@H]1Cc2c(cc3occc3c2C)[C@@]2(C)CCCC(C)(C)[C@H]12. The largest absolute Gasteiger partial charge is 0.464 e. The quantitative estimate of drug-likeness (QED) is 0.660. The highest BCUT2D eigenvalue weighted by Crippen LogP contribution is 2.58. The molecule has 134 valence electrons. The first-order valence-electron chi connectivity index (χ1n) is 9.41. The van der Waals surface area contributed by atoms with Crippen molar-refractivity contribution in [2.24, 2.45) is 11.3 Å². The van der Waals surface area contributed by atoms with Gasteiger partial charge >= 0.3 is 5.97 Å².